The van der Waals surface area contributed by atoms with Gasteiger partial charge in [0, 0.05) is 15.6 Å². The van der Waals surface area contributed by atoms with Gasteiger partial charge in [-0.25, -0.2) is 4.98 Å². The zero-order chi connectivity index (χ0) is 23.5. The van der Waals surface area contributed by atoms with Crippen molar-refractivity contribution < 1.29 is 9.21 Å². The number of benzene rings is 3. The molecule has 8 heteroatoms. The third kappa shape index (κ3) is 5.43. The van der Waals surface area contributed by atoms with Crippen molar-refractivity contribution in [3.05, 3.63) is 81.3 Å². The van der Waals surface area contributed by atoms with Crippen LogP contribution < -0.4 is 10.6 Å². The highest BCUT2D eigenvalue weighted by atomic mass is 79.9. The maximum atomic E-state index is 12.4. The van der Waals surface area contributed by atoms with Gasteiger partial charge in [0.15, 0.2) is 10.7 Å². The minimum absolute atomic E-state index is 0.137. The molecule has 2 N–H and O–H groups in total. The van der Waals surface area contributed by atoms with Gasteiger partial charge in [-0.1, -0.05) is 47.4 Å². The van der Waals surface area contributed by atoms with Crippen LogP contribution in [0, 0.1) is 0 Å². The first-order valence-electron chi connectivity index (χ1n) is 10.4. The van der Waals surface area contributed by atoms with Crippen molar-refractivity contribution in [2.45, 2.75) is 26.2 Å². The number of halogens is 2. The molecule has 0 aliphatic rings. The lowest BCUT2D eigenvalue weighted by atomic mass is 9.98. The molecule has 1 heterocycles. The van der Waals surface area contributed by atoms with E-state index < -0.39 is 0 Å². The van der Waals surface area contributed by atoms with Gasteiger partial charge in [-0.2, -0.15) is 0 Å². The molecule has 0 spiro atoms. The summed E-state index contributed by atoms with van der Waals surface area (Å²) in [6.07, 6.45) is 1.06. The predicted molar refractivity (Wildman–Crippen MR) is 141 cm³/mol. The zero-order valence-electron chi connectivity index (χ0n) is 18.0. The minimum Gasteiger partial charge on any atom is -0.436 e. The van der Waals surface area contributed by atoms with E-state index in [2.05, 4.69) is 57.5 Å². The molecule has 0 aliphatic carbocycles. The predicted octanol–water partition coefficient (Wildman–Crippen LogP) is 7.55. The van der Waals surface area contributed by atoms with Crippen LogP contribution in [-0.2, 0) is 0 Å². The summed E-state index contributed by atoms with van der Waals surface area (Å²) >= 11 is 15.0. The number of amides is 1. The van der Waals surface area contributed by atoms with Gasteiger partial charge in [0.2, 0.25) is 5.89 Å². The summed E-state index contributed by atoms with van der Waals surface area (Å²) in [5.74, 6) is 0.619. The van der Waals surface area contributed by atoms with Crippen molar-refractivity contribution in [3.63, 3.8) is 0 Å². The third-order valence-electron chi connectivity index (χ3n) is 5.39. The van der Waals surface area contributed by atoms with Gasteiger partial charge in [0.1, 0.15) is 5.52 Å². The summed E-state index contributed by atoms with van der Waals surface area (Å²) in [7, 11) is 0. The SMILES string of the molecule is CCC(C)c1ccc2oc(-c3ccc(Cl)c(NC(=S)NC(=O)c4ccc(Br)cc4)c3)nc2c1. The number of nitrogens with zero attached hydrogens (tertiary/aromatic N) is 1. The van der Waals surface area contributed by atoms with Crippen molar-refractivity contribution >= 4 is 67.6 Å². The van der Waals surface area contributed by atoms with Crippen LogP contribution in [0.5, 0.6) is 0 Å². The number of aromatic nitrogens is 1. The highest BCUT2D eigenvalue weighted by Crippen LogP contribution is 2.31. The summed E-state index contributed by atoms with van der Waals surface area (Å²) in [6.45, 7) is 4.36. The fraction of sp³-hybridized carbons (Fsp3) is 0.160. The molecular weight excluding hydrogens is 522 g/mol. The molecular formula is C25H21BrClN3O2S. The zero-order valence-corrected chi connectivity index (χ0v) is 21.1. The van der Waals surface area contributed by atoms with Gasteiger partial charge in [-0.3, -0.25) is 10.1 Å². The highest BCUT2D eigenvalue weighted by Gasteiger charge is 2.14. The van der Waals surface area contributed by atoms with Gasteiger partial charge < -0.3 is 9.73 Å². The summed E-state index contributed by atoms with van der Waals surface area (Å²) in [6, 6.07) is 18.4. The van der Waals surface area contributed by atoms with E-state index in [0.29, 0.717) is 28.1 Å². The monoisotopic (exact) mass is 541 g/mol. The lowest BCUT2D eigenvalue weighted by Crippen LogP contribution is -2.34. The molecule has 0 saturated carbocycles. The van der Waals surface area contributed by atoms with E-state index in [1.54, 1.807) is 36.4 Å². The highest BCUT2D eigenvalue weighted by molar-refractivity contribution is 9.10. The van der Waals surface area contributed by atoms with Gasteiger partial charge in [-0.15, -0.1) is 0 Å². The second-order valence-electron chi connectivity index (χ2n) is 7.67. The Morgan fingerprint density at radius 3 is 2.64 bits per heavy atom. The van der Waals surface area contributed by atoms with Crippen LogP contribution in [0.1, 0.15) is 42.1 Å². The molecule has 1 atom stereocenters. The second kappa shape index (κ2) is 10.0. The van der Waals surface area contributed by atoms with Crippen molar-refractivity contribution in [3.8, 4) is 11.5 Å². The van der Waals surface area contributed by atoms with E-state index in [9.17, 15) is 4.79 Å². The van der Waals surface area contributed by atoms with Crippen LogP contribution in [0.25, 0.3) is 22.6 Å². The van der Waals surface area contributed by atoms with E-state index in [1.165, 1.54) is 5.56 Å². The normalized spacial score (nSPS) is 11.9. The molecule has 3 aromatic carbocycles. The van der Waals surface area contributed by atoms with Gasteiger partial charge in [0.05, 0.1) is 10.7 Å². The fourth-order valence-electron chi connectivity index (χ4n) is 3.29. The minimum atomic E-state index is -0.316. The van der Waals surface area contributed by atoms with E-state index >= 15 is 0 Å². The molecule has 0 saturated heterocycles. The van der Waals surface area contributed by atoms with Crippen molar-refractivity contribution in [1.82, 2.24) is 10.3 Å². The number of hydrogen-bond acceptors (Lipinski definition) is 4. The Balaban J connectivity index is 1.53. The molecule has 0 aliphatic heterocycles. The summed E-state index contributed by atoms with van der Waals surface area (Å²) in [4.78, 5) is 17.1. The van der Waals surface area contributed by atoms with E-state index in [-0.39, 0.29) is 11.0 Å². The first kappa shape index (κ1) is 23.4. The molecule has 0 fully saturated rings. The summed E-state index contributed by atoms with van der Waals surface area (Å²) in [5.41, 5.74) is 4.53. The first-order chi connectivity index (χ1) is 15.8. The Morgan fingerprint density at radius 1 is 1.15 bits per heavy atom. The molecule has 0 radical (unpaired) electrons. The van der Waals surface area contributed by atoms with E-state index in [4.69, 9.17) is 28.2 Å². The Hall–Kier alpha value is -2.74. The Labute approximate surface area is 210 Å². The number of carbonyl (C=O) groups is 1. The number of carbonyl (C=O) groups excluding carboxylic acids is 1. The number of anilines is 1. The fourth-order valence-corrected chi connectivity index (χ4v) is 3.93. The Morgan fingerprint density at radius 2 is 1.91 bits per heavy atom. The second-order valence-corrected chi connectivity index (χ2v) is 9.40. The molecule has 1 unspecified atom stereocenters. The Bertz CT molecular complexity index is 1340. The van der Waals surface area contributed by atoms with E-state index in [1.807, 2.05) is 12.1 Å². The smallest absolute Gasteiger partial charge is 0.257 e. The largest absolute Gasteiger partial charge is 0.436 e. The van der Waals surface area contributed by atoms with Crippen molar-refractivity contribution in [1.29, 1.82) is 0 Å². The average Bonchev–Trinajstić information content (AvgIpc) is 3.23. The maximum Gasteiger partial charge on any atom is 0.257 e. The summed E-state index contributed by atoms with van der Waals surface area (Å²) < 4.78 is 6.85. The van der Waals surface area contributed by atoms with Gasteiger partial charge in [-0.05, 0) is 84.7 Å². The topological polar surface area (TPSA) is 67.2 Å². The average molecular weight is 543 g/mol. The lowest BCUT2D eigenvalue weighted by molar-refractivity contribution is 0.0977. The third-order valence-corrected chi connectivity index (χ3v) is 6.45. The quantitative estimate of drug-likeness (QED) is 0.255. The number of hydrogen-bond donors (Lipinski definition) is 2. The summed E-state index contributed by atoms with van der Waals surface area (Å²) in [5, 5.41) is 6.24. The number of thiocarbonyl (C=S) groups is 1. The van der Waals surface area contributed by atoms with Crippen molar-refractivity contribution in [2.24, 2.45) is 0 Å². The number of oxazole rings is 1. The van der Waals surface area contributed by atoms with Crippen LogP contribution >= 0.6 is 39.7 Å². The molecule has 4 aromatic rings. The van der Waals surface area contributed by atoms with Crippen LogP contribution in [0.15, 0.2) is 69.6 Å². The number of rotatable bonds is 5. The Kier molecular flexibility index (Phi) is 7.12. The molecule has 5 nitrogen and oxygen atoms in total. The van der Waals surface area contributed by atoms with Crippen LogP contribution in [0.2, 0.25) is 5.02 Å². The van der Waals surface area contributed by atoms with E-state index in [0.717, 1.165) is 27.6 Å². The lowest BCUT2D eigenvalue weighted by Gasteiger charge is -2.12. The molecule has 1 aromatic heterocycles. The molecule has 1 amide bonds. The van der Waals surface area contributed by atoms with Crippen LogP contribution in [0.3, 0.4) is 0 Å². The van der Waals surface area contributed by atoms with Gasteiger partial charge >= 0.3 is 0 Å². The molecule has 168 valence electrons. The van der Waals surface area contributed by atoms with Crippen LogP contribution in [-0.4, -0.2) is 16.0 Å². The maximum absolute atomic E-state index is 12.4. The molecule has 4 rings (SSSR count). The number of nitrogens with one attached hydrogen (secondary N) is 2. The molecule has 0 bridgehead atoms. The number of fused-ring (bicyclic) bond motifs is 1. The standard InChI is InChI=1S/C25H21BrClN3O2S/c1-3-14(2)16-7-11-22-21(12-16)28-24(32-22)17-6-10-19(27)20(13-17)29-25(33)30-23(31)15-4-8-18(26)9-5-15/h4-14H,3H2,1-2H3,(H2,29,30,31,33). The van der Waals surface area contributed by atoms with Gasteiger partial charge in [0.25, 0.3) is 5.91 Å². The van der Waals surface area contributed by atoms with Crippen LogP contribution in [0.4, 0.5) is 5.69 Å². The van der Waals surface area contributed by atoms with Crippen molar-refractivity contribution in [2.75, 3.05) is 5.32 Å². The molecule has 33 heavy (non-hydrogen) atoms. The first-order valence-corrected chi connectivity index (χ1v) is 12.0.